The lowest BCUT2D eigenvalue weighted by Gasteiger charge is -2.15. The van der Waals surface area contributed by atoms with Crippen LogP contribution in [0.15, 0.2) is 28.6 Å². The number of aromatic nitrogens is 1. The lowest BCUT2D eigenvalue weighted by atomic mass is 10.0. The number of rotatable bonds is 8. The Morgan fingerprint density at radius 2 is 2.27 bits per heavy atom. The summed E-state index contributed by atoms with van der Waals surface area (Å²) in [4.78, 5) is 15.4. The molecule has 1 N–H and O–H groups in total. The van der Waals surface area contributed by atoms with Crippen LogP contribution in [0.3, 0.4) is 0 Å². The predicted molar refractivity (Wildman–Crippen MR) is 77.6 cm³/mol. The molecule has 0 aliphatic carbocycles. The number of halogens is 1. The van der Waals surface area contributed by atoms with Crippen LogP contribution >= 0.6 is 0 Å². The van der Waals surface area contributed by atoms with Gasteiger partial charge in [0.1, 0.15) is 5.75 Å². The van der Waals surface area contributed by atoms with Gasteiger partial charge in [-0.2, -0.15) is 14.6 Å². The van der Waals surface area contributed by atoms with Crippen LogP contribution in [-0.2, 0) is 4.79 Å². The molecular formula is C15H17FN4O2. The fraction of sp³-hybridized carbons (Fsp3) is 0.467. The molecule has 0 bridgehead atoms. The van der Waals surface area contributed by atoms with Crippen LogP contribution in [0.25, 0.3) is 0 Å². The summed E-state index contributed by atoms with van der Waals surface area (Å²) < 4.78 is 18.1. The second-order valence-electron chi connectivity index (χ2n) is 5.00. The first-order valence-corrected chi connectivity index (χ1v) is 6.98. The summed E-state index contributed by atoms with van der Waals surface area (Å²) in [6.07, 6.45) is 7.67. The number of carbonyl (C=O) groups is 1. The number of hydrogen-bond acceptors (Lipinski definition) is 5. The van der Waals surface area contributed by atoms with Gasteiger partial charge >= 0.3 is 0 Å². The third kappa shape index (κ3) is 4.52. The van der Waals surface area contributed by atoms with Crippen LogP contribution in [0.1, 0.15) is 26.2 Å². The van der Waals surface area contributed by atoms with E-state index in [4.69, 9.17) is 11.2 Å². The Balaban J connectivity index is 1.70. The molecule has 1 aromatic rings. The van der Waals surface area contributed by atoms with Crippen LogP contribution in [0.4, 0.5) is 4.39 Å². The van der Waals surface area contributed by atoms with E-state index in [-0.39, 0.29) is 5.91 Å². The molecular weight excluding hydrogens is 287 g/mol. The summed E-state index contributed by atoms with van der Waals surface area (Å²) in [6, 6.07) is 2.59. The van der Waals surface area contributed by atoms with Gasteiger partial charge in [-0.25, -0.2) is 4.98 Å². The number of hydrogen-bond donors (Lipinski definition) is 1. The van der Waals surface area contributed by atoms with E-state index in [9.17, 15) is 9.18 Å². The predicted octanol–water partition coefficient (Wildman–Crippen LogP) is 2.07. The first-order chi connectivity index (χ1) is 10.5. The lowest BCUT2D eigenvalue weighted by Crippen LogP contribution is -2.38. The molecule has 2 heterocycles. The van der Waals surface area contributed by atoms with Crippen molar-refractivity contribution < 1.29 is 13.9 Å². The minimum Gasteiger partial charge on any atom is -0.479 e. The van der Waals surface area contributed by atoms with Crippen LogP contribution in [0.5, 0.6) is 5.75 Å². The quantitative estimate of drug-likeness (QED) is 0.590. The molecule has 116 valence electrons. The largest absolute Gasteiger partial charge is 0.479 e. The van der Waals surface area contributed by atoms with Crippen molar-refractivity contribution in [3.05, 3.63) is 24.3 Å². The van der Waals surface area contributed by atoms with Gasteiger partial charge in [0.05, 0.1) is 6.20 Å². The number of carbonyl (C=O) groups excluding carboxylic acids is 1. The van der Waals surface area contributed by atoms with E-state index in [0.29, 0.717) is 31.6 Å². The molecule has 0 fully saturated rings. The molecule has 1 amide bonds. The number of nitrogens with one attached hydrogen (secondary N) is 1. The van der Waals surface area contributed by atoms with Crippen molar-refractivity contribution in [2.45, 2.75) is 38.0 Å². The van der Waals surface area contributed by atoms with E-state index in [2.05, 4.69) is 26.4 Å². The van der Waals surface area contributed by atoms with Gasteiger partial charge in [-0.15, -0.1) is 12.3 Å². The highest BCUT2D eigenvalue weighted by Gasteiger charge is 2.38. The first-order valence-electron chi connectivity index (χ1n) is 6.98. The standard InChI is InChI=1S/C15H17FN4O2/c1-3-4-7-15(19-20-15)8-9-17-14(21)11(2)22-12-5-6-13(16)18-10-12/h1,5-6,10-11H,4,7-9H2,2H3,(H,17,21)/t11-/m0/s1. The van der Waals surface area contributed by atoms with Gasteiger partial charge in [-0.1, -0.05) is 0 Å². The number of ether oxygens (including phenoxy) is 1. The van der Waals surface area contributed by atoms with Gasteiger partial charge in [0.25, 0.3) is 5.91 Å². The molecule has 0 saturated carbocycles. The zero-order valence-electron chi connectivity index (χ0n) is 12.3. The van der Waals surface area contributed by atoms with E-state index in [1.165, 1.54) is 18.3 Å². The van der Waals surface area contributed by atoms with Crippen molar-refractivity contribution in [1.82, 2.24) is 10.3 Å². The van der Waals surface area contributed by atoms with Gasteiger partial charge in [-0.3, -0.25) is 4.79 Å². The number of pyridine rings is 1. The Bertz CT molecular complexity index is 589. The van der Waals surface area contributed by atoms with E-state index in [1.807, 2.05) is 0 Å². The molecule has 1 atom stereocenters. The van der Waals surface area contributed by atoms with E-state index < -0.39 is 17.7 Å². The Hall–Kier alpha value is -2.49. The first kappa shape index (κ1) is 15.9. The third-order valence-electron chi connectivity index (χ3n) is 3.26. The van der Waals surface area contributed by atoms with Crippen LogP contribution in [0.2, 0.25) is 0 Å². The van der Waals surface area contributed by atoms with Crippen LogP contribution in [-0.4, -0.2) is 29.2 Å². The van der Waals surface area contributed by atoms with Crippen molar-refractivity contribution in [1.29, 1.82) is 0 Å². The minimum absolute atomic E-state index is 0.267. The average molecular weight is 304 g/mol. The van der Waals surface area contributed by atoms with Crippen LogP contribution < -0.4 is 10.1 Å². The third-order valence-corrected chi connectivity index (χ3v) is 3.26. The van der Waals surface area contributed by atoms with Crippen molar-refractivity contribution in [3.63, 3.8) is 0 Å². The van der Waals surface area contributed by atoms with E-state index in [0.717, 1.165) is 0 Å². The molecule has 7 heteroatoms. The molecule has 0 saturated heterocycles. The van der Waals surface area contributed by atoms with Gasteiger partial charge in [-0.05, 0) is 19.1 Å². The lowest BCUT2D eigenvalue weighted by molar-refractivity contribution is -0.127. The Morgan fingerprint density at radius 1 is 1.50 bits per heavy atom. The monoisotopic (exact) mass is 304 g/mol. The number of amides is 1. The van der Waals surface area contributed by atoms with Crippen molar-refractivity contribution in [2.75, 3.05) is 6.54 Å². The second kappa shape index (κ2) is 6.98. The molecule has 1 aliphatic heterocycles. The highest BCUT2D eigenvalue weighted by atomic mass is 19.1. The van der Waals surface area contributed by atoms with Gasteiger partial charge in [0, 0.05) is 25.8 Å². The Morgan fingerprint density at radius 3 is 2.86 bits per heavy atom. The maximum absolute atomic E-state index is 12.7. The second-order valence-corrected chi connectivity index (χ2v) is 5.00. The molecule has 0 spiro atoms. The molecule has 0 radical (unpaired) electrons. The van der Waals surface area contributed by atoms with E-state index >= 15 is 0 Å². The number of nitrogens with zero attached hydrogens (tertiary/aromatic N) is 3. The maximum atomic E-state index is 12.7. The summed E-state index contributed by atoms with van der Waals surface area (Å²) in [5, 5.41) is 10.7. The molecule has 0 aromatic carbocycles. The molecule has 22 heavy (non-hydrogen) atoms. The SMILES string of the molecule is C#CCCC1(CCNC(=O)[C@H](C)Oc2ccc(F)nc2)N=N1. The van der Waals surface area contributed by atoms with Crippen molar-refractivity contribution in [2.24, 2.45) is 10.2 Å². The summed E-state index contributed by atoms with van der Waals surface area (Å²) in [5.41, 5.74) is -0.412. The molecule has 0 unspecified atom stereocenters. The summed E-state index contributed by atoms with van der Waals surface area (Å²) in [6.45, 7) is 2.05. The van der Waals surface area contributed by atoms with Gasteiger partial charge < -0.3 is 10.1 Å². The zero-order chi connectivity index (χ0) is 16.0. The fourth-order valence-electron chi connectivity index (χ4n) is 1.89. The van der Waals surface area contributed by atoms with Gasteiger partial charge in [0.2, 0.25) is 5.95 Å². The summed E-state index contributed by atoms with van der Waals surface area (Å²) in [5.74, 6) is 2.02. The van der Waals surface area contributed by atoms with Crippen molar-refractivity contribution >= 4 is 5.91 Å². The average Bonchev–Trinajstić information content (AvgIpc) is 3.27. The van der Waals surface area contributed by atoms with Crippen molar-refractivity contribution in [3.8, 4) is 18.1 Å². The normalized spacial score (nSPS) is 15.7. The Labute approximate surface area is 128 Å². The zero-order valence-corrected chi connectivity index (χ0v) is 12.3. The highest BCUT2D eigenvalue weighted by molar-refractivity contribution is 5.80. The minimum atomic E-state index is -0.706. The topological polar surface area (TPSA) is 75.9 Å². The molecule has 1 aliphatic rings. The highest BCUT2D eigenvalue weighted by Crippen LogP contribution is 2.35. The van der Waals surface area contributed by atoms with E-state index in [1.54, 1.807) is 6.92 Å². The fourth-order valence-corrected chi connectivity index (χ4v) is 1.89. The molecule has 2 rings (SSSR count). The summed E-state index contributed by atoms with van der Waals surface area (Å²) in [7, 11) is 0. The molecule has 1 aromatic heterocycles. The number of terminal acetylenes is 1. The molecule has 6 nitrogen and oxygen atoms in total. The summed E-state index contributed by atoms with van der Waals surface area (Å²) >= 11 is 0. The maximum Gasteiger partial charge on any atom is 0.260 e. The van der Waals surface area contributed by atoms with Gasteiger partial charge in [0.15, 0.2) is 11.8 Å². The smallest absolute Gasteiger partial charge is 0.260 e. The van der Waals surface area contributed by atoms with Crippen LogP contribution in [0, 0.1) is 18.3 Å². The Kier molecular flexibility index (Phi) is 5.04.